The zero-order valence-electron chi connectivity index (χ0n) is 12.6. The van der Waals surface area contributed by atoms with Crippen LogP contribution in [0, 0.1) is 6.92 Å². The zero-order chi connectivity index (χ0) is 14.4. The fourth-order valence-electron chi connectivity index (χ4n) is 2.69. The minimum atomic E-state index is -0.177. The largest absolute Gasteiger partial charge is 0.457 e. The molecule has 110 valence electrons. The van der Waals surface area contributed by atoms with E-state index in [1.807, 2.05) is 6.07 Å². The van der Waals surface area contributed by atoms with Crippen LogP contribution >= 0.6 is 0 Å². The van der Waals surface area contributed by atoms with Gasteiger partial charge in [-0.05, 0) is 50.0 Å². The molecule has 0 radical (unpaired) electrons. The highest BCUT2D eigenvalue weighted by atomic mass is 16.5. The van der Waals surface area contributed by atoms with E-state index in [-0.39, 0.29) is 5.97 Å². The lowest BCUT2D eigenvalue weighted by Crippen LogP contribution is -2.19. The lowest BCUT2D eigenvalue weighted by atomic mass is 9.97. The molecule has 2 rings (SSSR count). The summed E-state index contributed by atoms with van der Waals surface area (Å²) in [5.41, 5.74) is 4.37. The molecule has 1 aromatic carbocycles. The number of rotatable bonds is 8. The third-order valence-corrected chi connectivity index (χ3v) is 4.06. The van der Waals surface area contributed by atoms with E-state index in [1.54, 1.807) is 0 Å². The first-order valence-electron chi connectivity index (χ1n) is 7.73. The molecule has 0 aliphatic carbocycles. The Morgan fingerprint density at radius 1 is 1.20 bits per heavy atom. The smallest absolute Gasteiger partial charge is 0.338 e. The SMILES string of the molecule is CCCCCCNCCc1ccc2c(c1C)COC2=O. The van der Waals surface area contributed by atoms with E-state index in [0.717, 1.165) is 30.6 Å². The molecular weight excluding hydrogens is 250 g/mol. The Hall–Kier alpha value is -1.35. The van der Waals surface area contributed by atoms with Crippen LogP contribution in [-0.2, 0) is 17.8 Å². The Bertz CT molecular complexity index is 468. The molecular formula is C17H25NO2. The van der Waals surface area contributed by atoms with Crippen LogP contribution in [0.5, 0.6) is 0 Å². The summed E-state index contributed by atoms with van der Waals surface area (Å²) < 4.78 is 5.09. The highest BCUT2D eigenvalue weighted by Crippen LogP contribution is 2.25. The molecule has 0 atom stereocenters. The second-order valence-electron chi connectivity index (χ2n) is 5.51. The summed E-state index contributed by atoms with van der Waals surface area (Å²) in [6.07, 6.45) is 6.22. The second-order valence-corrected chi connectivity index (χ2v) is 5.51. The maximum Gasteiger partial charge on any atom is 0.338 e. The van der Waals surface area contributed by atoms with E-state index in [4.69, 9.17) is 4.74 Å². The van der Waals surface area contributed by atoms with Crippen molar-refractivity contribution in [3.63, 3.8) is 0 Å². The van der Waals surface area contributed by atoms with Crippen LogP contribution in [0.4, 0.5) is 0 Å². The van der Waals surface area contributed by atoms with Gasteiger partial charge in [0.1, 0.15) is 6.61 Å². The second kappa shape index (κ2) is 7.44. The molecule has 0 unspecified atom stereocenters. The predicted octanol–water partition coefficient (Wildman–Crippen LogP) is 3.38. The van der Waals surface area contributed by atoms with Crippen molar-refractivity contribution < 1.29 is 9.53 Å². The van der Waals surface area contributed by atoms with Crippen LogP contribution in [0.3, 0.4) is 0 Å². The van der Waals surface area contributed by atoms with Crippen molar-refractivity contribution in [2.24, 2.45) is 0 Å². The summed E-state index contributed by atoms with van der Waals surface area (Å²) in [4.78, 5) is 11.5. The first-order chi connectivity index (χ1) is 9.74. The highest BCUT2D eigenvalue weighted by molar-refractivity contribution is 5.93. The number of carbonyl (C=O) groups excluding carboxylic acids is 1. The van der Waals surface area contributed by atoms with Crippen molar-refractivity contribution >= 4 is 5.97 Å². The normalized spacial score (nSPS) is 13.4. The summed E-state index contributed by atoms with van der Waals surface area (Å²) in [6, 6.07) is 3.98. The maximum atomic E-state index is 11.5. The highest BCUT2D eigenvalue weighted by Gasteiger charge is 2.23. The molecule has 1 aliphatic heterocycles. The van der Waals surface area contributed by atoms with Gasteiger partial charge in [-0.1, -0.05) is 32.3 Å². The van der Waals surface area contributed by atoms with E-state index < -0.39 is 0 Å². The number of hydrogen-bond acceptors (Lipinski definition) is 3. The summed E-state index contributed by atoms with van der Waals surface area (Å²) in [5.74, 6) is -0.177. The predicted molar refractivity (Wildman–Crippen MR) is 81.0 cm³/mol. The quantitative estimate of drug-likeness (QED) is 0.584. The van der Waals surface area contributed by atoms with Gasteiger partial charge in [-0.3, -0.25) is 0 Å². The third kappa shape index (κ3) is 3.60. The number of esters is 1. The van der Waals surface area contributed by atoms with Crippen LogP contribution in [-0.4, -0.2) is 19.1 Å². The van der Waals surface area contributed by atoms with Crippen molar-refractivity contribution in [2.75, 3.05) is 13.1 Å². The van der Waals surface area contributed by atoms with E-state index in [0.29, 0.717) is 6.61 Å². The molecule has 0 aromatic heterocycles. The summed E-state index contributed by atoms with van der Waals surface area (Å²) in [5, 5.41) is 3.50. The van der Waals surface area contributed by atoms with Crippen LogP contribution in [0.25, 0.3) is 0 Å². The minimum Gasteiger partial charge on any atom is -0.457 e. The molecule has 3 nitrogen and oxygen atoms in total. The van der Waals surface area contributed by atoms with E-state index in [1.165, 1.54) is 36.8 Å². The Balaban J connectivity index is 1.78. The van der Waals surface area contributed by atoms with Gasteiger partial charge in [-0.15, -0.1) is 0 Å². The lowest BCUT2D eigenvalue weighted by Gasteiger charge is -2.10. The number of benzene rings is 1. The van der Waals surface area contributed by atoms with E-state index >= 15 is 0 Å². The van der Waals surface area contributed by atoms with Gasteiger partial charge in [0, 0.05) is 5.56 Å². The van der Waals surface area contributed by atoms with Crippen molar-refractivity contribution in [3.05, 3.63) is 34.4 Å². The first-order valence-corrected chi connectivity index (χ1v) is 7.73. The van der Waals surface area contributed by atoms with Gasteiger partial charge in [-0.2, -0.15) is 0 Å². The molecule has 0 bridgehead atoms. The van der Waals surface area contributed by atoms with Crippen LogP contribution in [0.15, 0.2) is 12.1 Å². The molecule has 0 amide bonds. The average Bonchev–Trinajstić information content (AvgIpc) is 2.82. The average molecular weight is 275 g/mol. The van der Waals surface area contributed by atoms with Gasteiger partial charge in [0.25, 0.3) is 0 Å². The van der Waals surface area contributed by atoms with Crippen molar-refractivity contribution in [1.29, 1.82) is 0 Å². The summed E-state index contributed by atoms with van der Waals surface area (Å²) in [6.45, 7) is 6.88. The molecule has 0 saturated heterocycles. The van der Waals surface area contributed by atoms with Crippen LogP contribution < -0.4 is 5.32 Å². The van der Waals surface area contributed by atoms with Gasteiger partial charge in [0.15, 0.2) is 0 Å². The Kier molecular flexibility index (Phi) is 5.60. The van der Waals surface area contributed by atoms with Crippen LogP contribution in [0.1, 0.15) is 59.7 Å². The fourth-order valence-corrected chi connectivity index (χ4v) is 2.69. The molecule has 0 fully saturated rings. The lowest BCUT2D eigenvalue weighted by molar-refractivity contribution is 0.0535. The van der Waals surface area contributed by atoms with E-state index in [2.05, 4.69) is 25.2 Å². The van der Waals surface area contributed by atoms with Gasteiger partial charge in [-0.25, -0.2) is 4.79 Å². The first kappa shape index (κ1) is 15.0. The molecule has 0 saturated carbocycles. The number of nitrogens with one attached hydrogen (secondary N) is 1. The number of cyclic esters (lactones) is 1. The number of fused-ring (bicyclic) bond motifs is 1. The van der Waals surface area contributed by atoms with Crippen LogP contribution in [0.2, 0.25) is 0 Å². The molecule has 1 heterocycles. The number of unbranched alkanes of at least 4 members (excludes halogenated alkanes) is 3. The third-order valence-electron chi connectivity index (χ3n) is 4.06. The van der Waals surface area contributed by atoms with Gasteiger partial charge in [0.2, 0.25) is 0 Å². The topological polar surface area (TPSA) is 38.3 Å². The number of ether oxygens (including phenoxy) is 1. The Labute approximate surface area is 121 Å². The fraction of sp³-hybridized carbons (Fsp3) is 0.588. The summed E-state index contributed by atoms with van der Waals surface area (Å²) in [7, 11) is 0. The number of carbonyl (C=O) groups is 1. The molecule has 1 aliphatic rings. The van der Waals surface area contributed by atoms with E-state index in [9.17, 15) is 4.79 Å². The Morgan fingerprint density at radius 2 is 2.05 bits per heavy atom. The monoisotopic (exact) mass is 275 g/mol. The minimum absolute atomic E-state index is 0.177. The Morgan fingerprint density at radius 3 is 2.85 bits per heavy atom. The van der Waals surface area contributed by atoms with Crippen molar-refractivity contribution in [1.82, 2.24) is 5.32 Å². The maximum absolute atomic E-state index is 11.5. The summed E-state index contributed by atoms with van der Waals surface area (Å²) >= 11 is 0. The van der Waals surface area contributed by atoms with Gasteiger partial charge >= 0.3 is 5.97 Å². The zero-order valence-corrected chi connectivity index (χ0v) is 12.6. The molecule has 1 N–H and O–H groups in total. The van der Waals surface area contributed by atoms with Crippen molar-refractivity contribution in [3.8, 4) is 0 Å². The van der Waals surface area contributed by atoms with Gasteiger partial charge < -0.3 is 10.1 Å². The molecule has 20 heavy (non-hydrogen) atoms. The van der Waals surface area contributed by atoms with Crippen molar-refractivity contribution in [2.45, 2.75) is 52.6 Å². The standard InChI is InChI=1S/C17H25NO2/c1-3-4-5-6-10-18-11-9-14-7-8-15-16(13(14)2)12-20-17(15)19/h7-8,18H,3-6,9-12H2,1-2H3. The molecule has 1 aromatic rings. The van der Waals surface area contributed by atoms with Gasteiger partial charge in [0.05, 0.1) is 5.56 Å². The molecule has 0 spiro atoms. The molecule has 3 heteroatoms. The number of hydrogen-bond donors (Lipinski definition) is 1.